The molecule has 7 nitrogen and oxygen atoms in total. The summed E-state index contributed by atoms with van der Waals surface area (Å²) in [5.74, 6) is 1.39. The normalized spacial score (nSPS) is 17.3. The highest BCUT2D eigenvalue weighted by atomic mass is 16.1. The second-order valence-corrected chi connectivity index (χ2v) is 6.63. The minimum Gasteiger partial charge on any atom is -0.350 e. The van der Waals surface area contributed by atoms with Gasteiger partial charge < -0.3 is 9.88 Å². The van der Waals surface area contributed by atoms with Crippen molar-refractivity contribution in [3.8, 4) is 0 Å². The van der Waals surface area contributed by atoms with Crippen LogP contribution in [0.2, 0.25) is 0 Å². The lowest BCUT2D eigenvalue weighted by Crippen LogP contribution is -2.28. The van der Waals surface area contributed by atoms with Crippen LogP contribution in [-0.2, 0) is 19.3 Å². The van der Waals surface area contributed by atoms with Gasteiger partial charge in [0.2, 0.25) is 0 Å². The summed E-state index contributed by atoms with van der Waals surface area (Å²) in [7, 11) is 0. The summed E-state index contributed by atoms with van der Waals surface area (Å²) in [6, 6.07) is 0.315. The van der Waals surface area contributed by atoms with E-state index in [1.807, 2.05) is 4.57 Å². The zero-order valence-corrected chi connectivity index (χ0v) is 14.0. The van der Waals surface area contributed by atoms with Crippen LogP contribution in [0.25, 0.3) is 0 Å². The number of aryl methyl sites for hydroxylation is 1. The summed E-state index contributed by atoms with van der Waals surface area (Å²) in [4.78, 5) is 12.4. The number of nitrogens with zero attached hydrogens (tertiary/aromatic N) is 4. The zero-order chi connectivity index (χ0) is 16.4. The van der Waals surface area contributed by atoms with Crippen molar-refractivity contribution in [2.45, 2.75) is 52.5 Å². The molecule has 2 aromatic rings. The number of hydrogen-bond donors (Lipinski definition) is 2. The van der Waals surface area contributed by atoms with E-state index in [9.17, 15) is 4.79 Å². The number of aromatic nitrogens is 5. The van der Waals surface area contributed by atoms with Crippen LogP contribution in [0, 0.1) is 5.92 Å². The molecule has 0 aliphatic heterocycles. The molecule has 23 heavy (non-hydrogen) atoms. The molecule has 0 saturated heterocycles. The molecule has 7 heteroatoms. The first kappa shape index (κ1) is 15.7. The molecule has 0 radical (unpaired) electrons. The van der Waals surface area contributed by atoms with Crippen molar-refractivity contribution in [3.05, 3.63) is 29.1 Å². The van der Waals surface area contributed by atoms with E-state index in [0.717, 1.165) is 36.3 Å². The fourth-order valence-corrected chi connectivity index (χ4v) is 3.11. The Bertz CT molecular complexity index is 687. The van der Waals surface area contributed by atoms with Crippen LogP contribution in [0.15, 0.2) is 6.33 Å². The van der Waals surface area contributed by atoms with E-state index in [2.05, 4.69) is 46.5 Å². The third kappa shape index (κ3) is 3.28. The molecule has 3 rings (SSSR count). The number of rotatable bonds is 5. The van der Waals surface area contributed by atoms with Crippen molar-refractivity contribution >= 4 is 5.91 Å². The monoisotopic (exact) mass is 316 g/mol. The third-order valence-electron chi connectivity index (χ3n) is 4.45. The number of fused-ring (bicyclic) bond motifs is 1. The molecule has 0 aromatic carbocycles. The molecule has 0 fully saturated rings. The number of aromatic amines is 1. The van der Waals surface area contributed by atoms with Crippen LogP contribution in [0.4, 0.5) is 0 Å². The van der Waals surface area contributed by atoms with Gasteiger partial charge in [0.05, 0.1) is 0 Å². The van der Waals surface area contributed by atoms with Crippen LogP contribution in [0.1, 0.15) is 60.8 Å². The predicted molar refractivity (Wildman–Crippen MR) is 86.2 cm³/mol. The molecule has 2 heterocycles. The molecule has 124 valence electrons. The maximum absolute atomic E-state index is 12.4. The number of nitrogens with one attached hydrogen (secondary N) is 2. The van der Waals surface area contributed by atoms with Crippen LogP contribution in [-0.4, -0.2) is 37.4 Å². The average molecular weight is 316 g/mol. The fraction of sp³-hybridized carbons (Fsp3) is 0.625. The standard InChI is InChI=1S/C16H24N6O/c1-10(2)22-9-18-20-14(22)6-7-17-16(23)15-12-8-11(3)4-5-13(12)19-21-15/h9-11H,4-8H2,1-3H3,(H,17,23)(H,19,21)/t11-/m1/s1. The van der Waals surface area contributed by atoms with Gasteiger partial charge in [-0.3, -0.25) is 9.89 Å². The van der Waals surface area contributed by atoms with E-state index in [1.165, 1.54) is 0 Å². The van der Waals surface area contributed by atoms with Gasteiger partial charge in [-0.2, -0.15) is 5.10 Å². The first-order valence-corrected chi connectivity index (χ1v) is 8.29. The van der Waals surface area contributed by atoms with Gasteiger partial charge in [0.15, 0.2) is 5.69 Å². The summed E-state index contributed by atoms with van der Waals surface area (Å²) in [5, 5.41) is 18.3. The van der Waals surface area contributed by atoms with Crippen molar-refractivity contribution in [2.75, 3.05) is 6.54 Å². The largest absolute Gasteiger partial charge is 0.350 e. The lowest BCUT2D eigenvalue weighted by Gasteiger charge is -2.18. The van der Waals surface area contributed by atoms with Gasteiger partial charge >= 0.3 is 0 Å². The molecular formula is C16H24N6O. The molecule has 1 aliphatic rings. The number of carbonyl (C=O) groups is 1. The van der Waals surface area contributed by atoms with E-state index >= 15 is 0 Å². The summed E-state index contributed by atoms with van der Waals surface area (Å²) >= 11 is 0. The Morgan fingerprint density at radius 3 is 3.13 bits per heavy atom. The predicted octanol–water partition coefficient (Wildman–Crippen LogP) is 1.68. The van der Waals surface area contributed by atoms with Crippen molar-refractivity contribution < 1.29 is 4.79 Å². The number of H-pyrrole nitrogens is 1. The molecule has 0 saturated carbocycles. The van der Waals surface area contributed by atoms with Gasteiger partial charge in [-0.1, -0.05) is 6.92 Å². The minimum atomic E-state index is -0.104. The van der Waals surface area contributed by atoms with Crippen molar-refractivity contribution in [3.63, 3.8) is 0 Å². The summed E-state index contributed by atoms with van der Waals surface area (Å²) in [6.07, 6.45) is 5.45. The Balaban J connectivity index is 1.60. The maximum Gasteiger partial charge on any atom is 0.272 e. The van der Waals surface area contributed by atoms with E-state index in [4.69, 9.17) is 0 Å². The third-order valence-corrected chi connectivity index (χ3v) is 4.45. The number of hydrogen-bond acceptors (Lipinski definition) is 4. The molecule has 1 aliphatic carbocycles. The Kier molecular flexibility index (Phi) is 4.45. The molecule has 2 N–H and O–H groups in total. The minimum absolute atomic E-state index is 0.104. The van der Waals surface area contributed by atoms with Gasteiger partial charge in [-0.05, 0) is 39.0 Å². The van der Waals surface area contributed by atoms with E-state index in [-0.39, 0.29) is 5.91 Å². The van der Waals surface area contributed by atoms with Crippen LogP contribution in [0.3, 0.4) is 0 Å². The number of amides is 1. The molecule has 0 unspecified atom stereocenters. The van der Waals surface area contributed by atoms with Gasteiger partial charge in [0.1, 0.15) is 12.2 Å². The van der Waals surface area contributed by atoms with Crippen molar-refractivity contribution in [1.82, 2.24) is 30.3 Å². The van der Waals surface area contributed by atoms with E-state index in [1.54, 1.807) is 6.33 Å². The van der Waals surface area contributed by atoms with Gasteiger partial charge in [-0.25, -0.2) is 0 Å². The topological polar surface area (TPSA) is 88.5 Å². The van der Waals surface area contributed by atoms with E-state index in [0.29, 0.717) is 30.6 Å². The Labute approximate surface area is 135 Å². The zero-order valence-electron chi connectivity index (χ0n) is 14.0. The molecule has 1 atom stereocenters. The Morgan fingerprint density at radius 1 is 1.52 bits per heavy atom. The molecule has 1 amide bonds. The maximum atomic E-state index is 12.4. The summed E-state index contributed by atoms with van der Waals surface area (Å²) in [5.41, 5.74) is 2.76. The molecule has 0 spiro atoms. The van der Waals surface area contributed by atoms with Crippen LogP contribution >= 0.6 is 0 Å². The smallest absolute Gasteiger partial charge is 0.272 e. The van der Waals surface area contributed by atoms with Gasteiger partial charge in [0.25, 0.3) is 5.91 Å². The van der Waals surface area contributed by atoms with Gasteiger partial charge in [-0.15, -0.1) is 10.2 Å². The first-order valence-electron chi connectivity index (χ1n) is 8.29. The molecular weight excluding hydrogens is 292 g/mol. The van der Waals surface area contributed by atoms with E-state index < -0.39 is 0 Å². The lowest BCUT2D eigenvalue weighted by molar-refractivity contribution is 0.0947. The van der Waals surface area contributed by atoms with Crippen molar-refractivity contribution in [1.29, 1.82) is 0 Å². The second kappa shape index (κ2) is 6.52. The second-order valence-electron chi connectivity index (χ2n) is 6.63. The molecule has 2 aromatic heterocycles. The summed E-state index contributed by atoms with van der Waals surface area (Å²) in [6.45, 7) is 6.92. The molecule has 0 bridgehead atoms. The quantitative estimate of drug-likeness (QED) is 0.878. The van der Waals surface area contributed by atoms with Crippen LogP contribution < -0.4 is 5.32 Å². The fourth-order valence-electron chi connectivity index (χ4n) is 3.11. The highest BCUT2D eigenvalue weighted by Crippen LogP contribution is 2.26. The average Bonchev–Trinajstić information content (AvgIpc) is 3.13. The highest BCUT2D eigenvalue weighted by molar-refractivity contribution is 5.94. The summed E-state index contributed by atoms with van der Waals surface area (Å²) < 4.78 is 2.02. The van der Waals surface area contributed by atoms with Gasteiger partial charge in [0, 0.05) is 30.3 Å². The highest BCUT2D eigenvalue weighted by Gasteiger charge is 2.24. The van der Waals surface area contributed by atoms with Crippen LogP contribution in [0.5, 0.6) is 0 Å². The number of carbonyl (C=O) groups excluding carboxylic acids is 1. The first-order chi connectivity index (χ1) is 11.1. The Hall–Kier alpha value is -2.18. The van der Waals surface area contributed by atoms with Crippen molar-refractivity contribution in [2.24, 2.45) is 5.92 Å². The Morgan fingerprint density at radius 2 is 2.35 bits per heavy atom. The lowest BCUT2D eigenvalue weighted by atomic mass is 9.87. The SMILES string of the molecule is CC(C)n1cnnc1CCNC(=O)c1n[nH]c2c1C[C@H](C)CC2.